The van der Waals surface area contributed by atoms with Crippen molar-refractivity contribution in [2.45, 2.75) is 27.7 Å². The zero-order valence-electron chi connectivity index (χ0n) is 37.5. The van der Waals surface area contributed by atoms with Crippen LogP contribution in [0.2, 0.25) is 0 Å². The highest BCUT2D eigenvalue weighted by molar-refractivity contribution is 6.14. The molecular weight excluding hydrogens is 819 g/mol. The van der Waals surface area contributed by atoms with Gasteiger partial charge in [0, 0.05) is 50.6 Å². The molecule has 318 valence electrons. The highest BCUT2D eigenvalue weighted by Gasteiger charge is 2.28. The third-order valence-corrected chi connectivity index (χ3v) is 13.6. The van der Waals surface area contributed by atoms with Gasteiger partial charge in [0.05, 0.1) is 61.6 Å². The van der Waals surface area contributed by atoms with Gasteiger partial charge in [0.25, 0.3) is 0 Å². The van der Waals surface area contributed by atoms with Crippen LogP contribution in [0.5, 0.6) is 0 Å². The highest BCUT2D eigenvalue weighted by atomic mass is 15.1. The summed E-state index contributed by atoms with van der Waals surface area (Å²) in [5.41, 5.74) is 20.6. The minimum Gasteiger partial charge on any atom is -0.306 e. The van der Waals surface area contributed by atoms with Crippen LogP contribution in [-0.2, 0) is 0 Å². The molecule has 7 nitrogen and oxygen atoms in total. The van der Waals surface area contributed by atoms with Gasteiger partial charge in [0.15, 0.2) is 5.82 Å². The molecule has 0 atom stereocenters. The summed E-state index contributed by atoms with van der Waals surface area (Å²) in [6, 6.07) is 62.7. The van der Waals surface area contributed by atoms with Crippen molar-refractivity contribution < 1.29 is 0 Å². The summed E-state index contributed by atoms with van der Waals surface area (Å²) in [4.78, 5) is 20.8. The fraction of sp³-hybridized carbons (Fsp3) is 0.0667. The number of rotatable bonds is 6. The van der Waals surface area contributed by atoms with Crippen molar-refractivity contribution >= 4 is 65.7 Å². The molecule has 0 fully saturated rings. The molecule has 0 spiro atoms. The van der Waals surface area contributed by atoms with Crippen molar-refractivity contribution in [3.8, 4) is 51.0 Å². The molecule has 0 bridgehead atoms. The van der Waals surface area contributed by atoms with Gasteiger partial charge in [0.2, 0.25) is 0 Å². The van der Waals surface area contributed by atoms with E-state index < -0.39 is 0 Å². The van der Waals surface area contributed by atoms with Crippen LogP contribution in [0.1, 0.15) is 22.3 Å². The van der Waals surface area contributed by atoms with Crippen LogP contribution in [0, 0.1) is 27.7 Å². The lowest BCUT2D eigenvalue weighted by atomic mass is 10.0. The number of aromatic nitrogens is 7. The molecule has 67 heavy (non-hydrogen) atoms. The van der Waals surface area contributed by atoms with Gasteiger partial charge in [-0.3, -0.25) is 9.97 Å². The van der Waals surface area contributed by atoms with Gasteiger partial charge in [-0.05, 0) is 92.4 Å². The summed E-state index contributed by atoms with van der Waals surface area (Å²) < 4.78 is 7.45. The van der Waals surface area contributed by atoms with Gasteiger partial charge in [-0.2, -0.15) is 0 Å². The van der Waals surface area contributed by atoms with Crippen molar-refractivity contribution in [1.29, 1.82) is 0 Å². The van der Waals surface area contributed by atoms with Crippen LogP contribution in [0.3, 0.4) is 0 Å². The van der Waals surface area contributed by atoms with E-state index in [0.717, 1.165) is 89.3 Å². The van der Waals surface area contributed by atoms with E-state index in [1.807, 2.05) is 48.8 Å². The van der Waals surface area contributed by atoms with Crippen molar-refractivity contribution in [3.63, 3.8) is 0 Å². The Bertz CT molecular complexity index is 3760. The Hall–Kier alpha value is -8.68. The van der Waals surface area contributed by atoms with Gasteiger partial charge < -0.3 is 13.7 Å². The molecule has 0 saturated carbocycles. The maximum absolute atomic E-state index is 5.50. The second-order valence-corrected chi connectivity index (χ2v) is 17.7. The smallest absolute Gasteiger partial charge is 0.160 e. The predicted octanol–water partition coefficient (Wildman–Crippen LogP) is 14.8. The molecule has 7 aromatic carbocycles. The van der Waals surface area contributed by atoms with Gasteiger partial charge in [0.1, 0.15) is 11.0 Å². The molecule has 0 unspecified atom stereocenters. The van der Waals surface area contributed by atoms with Crippen LogP contribution in [0.4, 0.5) is 0 Å². The minimum atomic E-state index is 0.663. The van der Waals surface area contributed by atoms with E-state index in [1.54, 1.807) is 0 Å². The Balaban J connectivity index is 1.30. The molecule has 0 aliphatic rings. The summed E-state index contributed by atoms with van der Waals surface area (Å²) in [5.74, 6) is 0.663. The molecule has 0 aliphatic carbocycles. The number of nitrogens with zero attached hydrogens (tertiary/aromatic N) is 7. The summed E-state index contributed by atoms with van der Waals surface area (Å²) in [6.45, 7) is 8.92. The van der Waals surface area contributed by atoms with Crippen LogP contribution in [-0.4, -0.2) is 33.6 Å². The molecule has 0 aliphatic heterocycles. The van der Waals surface area contributed by atoms with Gasteiger partial charge in [-0.25, -0.2) is 9.97 Å². The largest absolute Gasteiger partial charge is 0.306 e. The average molecular weight is 862 g/mol. The van der Waals surface area contributed by atoms with E-state index >= 15 is 0 Å². The van der Waals surface area contributed by atoms with Crippen LogP contribution in [0.15, 0.2) is 188 Å². The Morgan fingerprint density at radius 3 is 1.18 bits per heavy atom. The summed E-state index contributed by atoms with van der Waals surface area (Å²) in [5, 5.41) is 4.80. The van der Waals surface area contributed by atoms with Gasteiger partial charge in [-0.15, -0.1) is 0 Å². The summed E-state index contributed by atoms with van der Waals surface area (Å²) in [7, 11) is 0. The van der Waals surface area contributed by atoms with Crippen molar-refractivity contribution in [2.75, 3.05) is 0 Å². The fourth-order valence-electron chi connectivity index (χ4n) is 10.7. The third kappa shape index (κ3) is 5.84. The molecule has 0 N–H and O–H groups in total. The average Bonchev–Trinajstić information content (AvgIpc) is 4.02. The number of para-hydroxylation sites is 4. The molecule has 0 saturated heterocycles. The Labute approximate surface area is 386 Å². The van der Waals surface area contributed by atoms with Crippen molar-refractivity contribution in [1.82, 2.24) is 33.6 Å². The van der Waals surface area contributed by atoms with E-state index in [4.69, 9.17) is 19.9 Å². The first-order valence-electron chi connectivity index (χ1n) is 22.8. The Morgan fingerprint density at radius 1 is 0.343 bits per heavy atom. The topological polar surface area (TPSA) is 66.3 Å². The second-order valence-electron chi connectivity index (χ2n) is 17.7. The first-order chi connectivity index (χ1) is 32.9. The maximum atomic E-state index is 5.50. The van der Waals surface area contributed by atoms with E-state index in [2.05, 4.69) is 181 Å². The lowest BCUT2D eigenvalue weighted by Crippen LogP contribution is -2.11. The maximum Gasteiger partial charge on any atom is 0.160 e. The number of hydrogen-bond acceptors (Lipinski definition) is 4. The van der Waals surface area contributed by atoms with Crippen LogP contribution < -0.4 is 0 Å². The lowest BCUT2D eigenvalue weighted by molar-refractivity contribution is 1.04. The number of hydrogen-bond donors (Lipinski definition) is 0. The lowest BCUT2D eigenvalue weighted by Gasteiger charge is -2.24. The van der Waals surface area contributed by atoms with E-state index in [0.29, 0.717) is 5.82 Å². The minimum absolute atomic E-state index is 0.663. The van der Waals surface area contributed by atoms with Crippen molar-refractivity contribution in [2.24, 2.45) is 0 Å². The molecule has 7 heteroatoms. The Morgan fingerprint density at radius 2 is 0.746 bits per heavy atom. The van der Waals surface area contributed by atoms with E-state index in [9.17, 15) is 0 Å². The second kappa shape index (κ2) is 14.9. The van der Waals surface area contributed by atoms with E-state index in [1.165, 1.54) is 43.8 Å². The SMILES string of the molecule is Cc1cccc2c3cccc(C)c3n(-c3cc(-c4cc(-c5ccccc5)nc(-c5ccccc5)n4)cc(-n4c5c(C)cccc5c5cccc(C)c54)c3-n3c4cccnc4c4ncccc43)c12. The highest BCUT2D eigenvalue weighted by Crippen LogP contribution is 2.46. The normalized spacial score (nSPS) is 11.9. The molecule has 13 rings (SSSR count). The molecule has 6 aromatic heterocycles. The van der Waals surface area contributed by atoms with E-state index in [-0.39, 0.29) is 0 Å². The van der Waals surface area contributed by atoms with Crippen LogP contribution >= 0.6 is 0 Å². The molecular formula is C60H43N7. The molecule has 13 aromatic rings. The number of aryl methyl sites for hydroxylation is 4. The van der Waals surface area contributed by atoms with Crippen LogP contribution in [0.25, 0.3) is 117 Å². The summed E-state index contributed by atoms with van der Waals surface area (Å²) >= 11 is 0. The standard InChI is InChI=1S/C60H43N7/c1-36-17-11-25-43-44-26-12-18-37(2)56(44)66(55(36)43)51-33-42(48-35-47(40-21-7-5-8-22-40)63-60(64-48)41-23-9-6-10-24-41)34-52(59(51)65-49-29-15-31-61-53(49)54-50(65)30-16-32-62-54)67-57-38(3)19-13-27-45(57)46-28-14-20-39(4)58(46)67/h5-35H,1-4H3. The predicted molar refractivity (Wildman–Crippen MR) is 276 cm³/mol. The quantitative estimate of drug-likeness (QED) is 0.167. The zero-order chi connectivity index (χ0) is 44.9. The fourth-order valence-corrected chi connectivity index (χ4v) is 10.7. The monoisotopic (exact) mass is 861 g/mol. The van der Waals surface area contributed by atoms with Crippen molar-refractivity contribution in [3.05, 3.63) is 211 Å². The number of pyridine rings is 2. The Kier molecular flexibility index (Phi) is 8.64. The van der Waals surface area contributed by atoms with Gasteiger partial charge >= 0.3 is 0 Å². The first-order valence-corrected chi connectivity index (χ1v) is 22.8. The van der Waals surface area contributed by atoms with Gasteiger partial charge in [-0.1, -0.05) is 133 Å². The molecule has 6 heterocycles. The number of benzene rings is 7. The first kappa shape index (κ1) is 38.8. The molecule has 0 amide bonds. The summed E-state index contributed by atoms with van der Waals surface area (Å²) in [6.07, 6.45) is 3.74. The third-order valence-electron chi connectivity index (χ3n) is 13.6. The zero-order valence-corrected chi connectivity index (χ0v) is 37.5. The number of fused-ring (bicyclic) bond motifs is 9. The molecule has 0 radical (unpaired) electrons.